The predicted octanol–water partition coefficient (Wildman–Crippen LogP) is 3.36. The fourth-order valence-corrected chi connectivity index (χ4v) is 3.92. The Hall–Kier alpha value is -1.84. The lowest BCUT2D eigenvalue weighted by molar-refractivity contribution is -0.165. The van der Waals surface area contributed by atoms with E-state index in [0.717, 1.165) is 16.8 Å². The summed E-state index contributed by atoms with van der Waals surface area (Å²) in [5, 5.41) is 2.98. The Kier molecular flexibility index (Phi) is 2.97. The number of nitrogens with one attached hydrogen (secondary N) is 1. The summed E-state index contributed by atoms with van der Waals surface area (Å²) in [5.74, 6) is -0.460. The van der Waals surface area contributed by atoms with E-state index >= 15 is 0 Å². The number of esters is 1. The molecule has 3 rings (SSSR count). The molecule has 1 aromatic rings. The molecule has 2 aliphatic rings. The number of hydrogen-bond acceptors (Lipinski definition) is 3. The lowest BCUT2D eigenvalue weighted by Gasteiger charge is -2.35. The van der Waals surface area contributed by atoms with Gasteiger partial charge in [-0.15, -0.1) is 0 Å². The van der Waals surface area contributed by atoms with E-state index in [9.17, 15) is 9.59 Å². The van der Waals surface area contributed by atoms with Crippen LogP contribution in [0.15, 0.2) is 18.2 Å². The van der Waals surface area contributed by atoms with E-state index in [1.54, 1.807) is 0 Å². The van der Waals surface area contributed by atoms with Gasteiger partial charge in [-0.1, -0.05) is 31.5 Å². The van der Waals surface area contributed by atoms with E-state index in [2.05, 4.69) is 5.32 Å². The Bertz CT molecular complexity index is 679. The maximum absolute atomic E-state index is 12.9. The molecule has 1 N–H and O–H groups in total. The molecule has 1 aromatic carbocycles. The van der Waals surface area contributed by atoms with Gasteiger partial charge in [-0.3, -0.25) is 9.59 Å². The fourth-order valence-electron chi connectivity index (χ4n) is 3.92. The number of carbonyl (C=O) groups is 2. The first-order valence-electron chi connectivity index (χ1n) is 7.76. The van der Waals surface area contributed by atoms with E-state index < -0.39 is 16.4 Å². The van der Waals surface area contributed by atoms with Crippen molar-refractivity contribution in [3.05, 3.63) is 29.3 Å². The average Bonchev–Trinajstić information content (AvgIpc) is 2.72. The molecule has 0 unspecified atom stereocenters. The largest absolute Gasteiger partial charge is 0.448 e. The smallest absolute Gasteiger partial charge is 0.313 e. The third-order valence-electron chi connectivity index (χ3n) is 6.08. The zero-order chi connectivity index (χ0) is 16.3. The number of aryl methyl sites for hydroxylation is 2. The Morgan fingerprint density at radius 1 is 1.18 bits per heavy atom. The molecular weight excluding hydrogens is 278 g/mol. The van der Waals surface area contributed by atoms with Crippen LogP contribution < -0.4 is 5.32 Å². The number of amides is 1. The molecule has 1 aliphatic carbocycles. The highest BCUT2D eigenvalue weighted by Gasteiger charge is 2.75. The molecule has 1 saturated heterocycles. The molecule has 2 atom stereocenters. The Morgan fingerprint density at radius 3 is 2.36 bits per heavy atom. The molecular formula is C18H23NO3. The summed E-state index contributed by atoms with van der Waals surface area (Å²) in [5.41, 5.74) is 0.780. The first kappa shape index (κ1) is 15.1. The van der Waals surface area contributed by atoms with Gasteiger partial charge in [0.1, 0.15) is 0 Å². The third-order valence-corrected chi connectivity index (χ3v) is 6.08. The van der Waals surface area contributed by atoms with Crippen molar-refractivity contribution in [1.82, 2.24) is 0 Å². The monoisotopic (exact) mass is 301 g/mol. The lowest BCUT2D eigenvalue weighted by atomic mass is 9.66. The van der Waals surface area contributed by atoms with Crippen LogP contribution in [0.4, 0.5) is 5.69 Å². The number of benzene rings is 1. The van der Waals surface area contributed by atoms with Crippen LogP contribution in [0.5, 0.6) is 0 Å². The zero-order valence-corrected chi connectivity index (χ0v) is 13.9. The van der Waals surface area contributed by atoms with Crippen LogP contribution in [0.3, 0.4) is 0 Å². The van der Waals surface area contributed by atoms with Crippen molar-refractivity contribution in [3.63, 3.8) is 0 Å². The van der Waals surface area contributed by atoms with E-state index in [0.29, 0.717) is 12.8 Å². The predicted molar refractivity (Wildman–Crippen MR) is 84.5 cm³/mol. The van der Waals surface area contributed by atoms with E-state index in [-0.39, 0.29) is 11.9 Å². The average molecular weight is 301 g/mol. The van der Waals surface area contributed by atoms with Crippen LogP contribution in [-0.2, 0) is 14.3 Å². The van der Waals surface area contributed by atoms with E-state index in [4.69, 9.17) is 4.74 Å². The molecule has 22 heavy (non-hydrogen) atoms. The highest BCUT2D eigenvalue weighted by atomic mass is 16.6. The molecule has 1 saturated carbocycles. The van der Waals surface area contributed by atoms with Crippen molar-refractivity contribution in [2.75, 3.05) is 5.32 Å². The van der Waals surface area contributed by atoms with Gasteiger partial charge < -0.3 is 10.1 Å². The summed E-state index contributed by atoms with van der Waals surface area (Å²) < 4.78 is 5.61. The summed E-state index contributed by atoms with van der Waals surface area (Å²) in [6.45, 7) is 9.82. The molecule has 118 valence electrons. The first-order valence-corrected chi connectivity index (χ1v) is 7.76. The van der Waals surface area contributed by atoms with Crippen molar-refractivity contribution in [2.24, 2.45) is 10.8 Å². The Balaban J connectivity index is 1.94. The molecule has 0 radical (unpaired) electrons. The van der Waals surface area contributed by atoms with Gasteiger partial charge in [0, 0.05) is 11.1 Å². The maximum atomic E-state index is 12.9. The van der Waals surface area contributed by atoms with Crippen molar-refractivity contribution in [3.8, 4) is 0 Å². The highest BCUT2D eigenvalue weighted by Crippen LogP contribution is 2.65. The summed E-state index contributed by atoms with van der Waals surface area (Å²) in [7, 11) is 0. The molecule has 1 aliphatic heterocycles. The maximum Gasteiger partial charge on any atom is 0.313 e. The van der Waals surface area contributed by atoms with Crippen LogP contribution in [0.1, 0.15) is 44.7 Å². The standard InChI is InChI=1S/C18H23NO3/c1-11-6-7-13(12(2)10-11)19-14(20)18-9-8-17(5,15(21)22-18)16(18,3)4/h6-7,10H,8-9H2,1-5H3,(H,19,20)/t17-,18+/m1/s1. The normalized spacial score (nSPS) is 32.0. The topological polar surface area (TPSA) is 55.4 Å². The summed E-state index contributed by atoms with van der Waals surface area (Å²) in [6, 6.07) is 5.89. The Labute approximate surface area is 131 Å². The second-order valence-electron chi connectivity index (χ2n) is 7.45. The second-order valence-corrected chi connectivity index (χ2v) is 7.45. The van der Waals surface area contributed by atoms with E-state index in [1.807, 2.05) is 52.8 Å². The van der Waals surface area contributed by atoms with Crippen molar-refractivity contribution >= 4 is 17.6 Å². The van der Waals surface area contributed by atoms with Gasteiger partial charge in [-0.05, 0) is 45.2 Å². The minimum Gasteiger partial charge on any atom is -0.448 e. The quantitative estimate of drug-likeness (QED) is 0.852. The summed E-state index contributed by atoms with van der Waals surface area (Å²) >= 11 is 0. The van der Waals surface area contributed by atoms with Crippen LogP contribution in [0, 0.1) is 24.7 Å². The lowest BCUT2D eigenvalue weighted by Crippen LogP contribution is -2.50. The molecule has 4 nitrogen and oxygen atoms in total. The number of fused-ring (bicyclic) bond motifs is 2. The van der Waals surface area contributed by atoms with Gasteiger partial charge >= 0.3 is 5.97 Å². The molecule has 1 heterocycles. The summed E-state index contributed by atoms with van der Waals surface area (Å²) in [6.07, 6.45) is 1.28. The van der Waals surface area contributed by atoms with Gasteiger partial charge in [-0.25, -0.2) is 0 Å². The minimum absolute atomic E-state index is 0.209. The van der Waals surface area contributed by atoms with E-state index in [1.165, 1.54) is 0 Å². The fraction of sp³-hybridized carbons (Fsp3) is 0.556. The Morgan fingerprint density at radius 2 is 1.86 bits per heavy atom. The van der Waals surface area contributed by atoms with Gasteiger partial charge in [0.25, 0.3) is 5.91 Å². The number of carbonyl (C=O) groups excluding carboxylic acids is 2. The zero-order valence-electron chi connectivity index (χ0n) is 13.9. The molecule has 1 amide bonds. The van der Waals surface area contributed by atoms with Gasteiger partial charge in [0.05, 0.1) is 5.41 Å². The third kappa shape index (κ3) is 1.64. The van der Waals surface area contributed by atoms with Gasteiger partial charge in [0.15, 0.2) is 5.60 Å². The number of ether oxygens (including phenoxy) is 1. The minimum atomic E-state index is -1.06. The highest BCUT2D eigenvalue weighted by molar-refractivity contribution is 6.03. The van der Waals surface area contributed by atoms with Crippen molar-refractivity contribution < 1.29 is 14.3 Å². The number of anilines is 1. The molecule has 0 aromatic heterocycles. The molecule has 0 spiro atoms. The van der Waals surface area contributed by atoms with Crippen LogP contribution >= 0.6 is 0 Å². The molecule has 4 heteroatoms. The van der Waals surface area contributed by atoms with Crippen molar-refractivity contribution in [1.29, 1.82) is 0 Å². The second kappa shape index (κ2) is 4.34. The first-order chi connectivity index (χ1) is 10.1. The molecule has 2 fully saturated rings. The van der Waals surface area contributed by atoms with Crippen LogP contribution in [0.25, 0.3) is 0 Å². The number of hydrogen-bond donors (Lipinski definition) is 1. The van der Waals surface area contributed by atoms with Gasteiger partial charge in [0.2, 0.25) is 0 Å². The molecule has 2 bridgehead atoms. The van der Waals surface area contributed by atoms with Crippen LogP contribution in [-0.4, -0.2) is 17.5 Å². The van der Waals surface area contributed by atoms with Crippen molar-refractivity contribution in [2.45, 2.75) is 53.1 Å². The summed E-state index contributed by atoms with van der Waals surface area (Å²) in [4.78, 5) is 25.2. The van der Waals surface area contributed by atoms with Gasteiger partial charge in [-0.2, -0.15) is 0 Å². The SMILES string of the molecule is Cc1ccc(NC(=O)[C@]23CC[C@](C)(C(=O)O2)C3(C)C)c(C)c1. The number of rotatable bonds is 2. The van der Waals surface area contributed by atoms with Crippen LogP contribution in [0.2, 0.25) is 0 Å².